The maximum atomic E-state index is 4.39. The molecule has 3 heteroatoms. The van der Waals surface area contributed by atoms with E-state index in [2.05, 4.69) is 76.8 Å². The predicted octanol–water partition coefficient (Wildman–Crippen LogP) is 6.13. The Bertz CT molecular complexity index is 1700. The molecule has 3 aromatic carbocycles. The van der Waals surface area contributed by atoms with Crippen LogP contribution in [0.25, 0.3) is 11.6 Å². The third-order valence-corrected chi connectivity index (χ3v) is 7.29. The summed E-state index contributed by atoms with van der Waals surface area (Å²) in [6, 6.07) is 25.7. The molecule has 7 rings (SSSR count). The van der Waals surface area contributed by atoms with E-state index in [0.717, 1.165) is 11.4 Å². The molecule has 0 radical (unpaired) electrons. The maximum Gasteiger partial charge on any atom is 0.0864 e. The summed E-state index contributed by atoms with van der Waals surface area (Å²) in [6.45, 7) is 2.30. The van der Waals surface area contributed by atoms with E-state index < -0.39 is 0 Å². The summed E-state index contributed by atoms with van der Waals surface area (Å²) in [5.41, 5.74) is 7.92. The molecule has 1 atom stereocenters. The van der Waals surface area contributed by atoms with Gasteiger partial charge in [-0.25, -0.2) is 0 Å². The van der Waals surface area contributed by atoms with Gasteiger partial charge in [-0.15, -0.1) is 0 Å². The molecule has 0 spiro atoms. The van der Waals surface area contributed by atoms with Crippen molar-refractivity contribution >= 4 is 29.2 Å². The summed E-state index contributed by atoms with van der Waals surface area (Å²) in [4.78, 5) is 8.60. The lowest BCUT2D eigenvalue weighted by Gasteiger charge is -2.25. The molecule has 3 aliphatic rings. The molecule has 0 saturated heterocycles. The van der Waals surface area contributed by atoms with Crippen molar-refractivity contribution in [1.29, 1.82) is 0 Å². The van der Waals surface area contributed by atoms with Crippen LogP contribution in [0.2, 0.25) is 0 Å². The number of aromatic nitrogens is 1. The number of para-hydroxylation sites is 2. The summed E-state index contributed by atoms with van der Waals surface area (Å²) in [5.74, 6) is 0.291. The Morgan fingerprint density at radius 2 is 1.69 bits per heavy atom. The molecule has 36 heavy (non-hydrogen) atoms. The Morgan fingerprint density at radius 1 is 0.833 bits per heavy atom. The van der Waals surface area contributed by atoms with Gasteiger partial charge in [0, 0.05) is 30.7 Å². The van der Waals surface area contributed by atoms with Gasteiger partial charge in [-0.1, -0.05) is 66.2 Å². The summed E-state index contributed by atoms with van der Waals surface area (Å²) in [5, 5.41) is 8.70. The molecular weight excluding hydrogens is 438 g/mol. The highest BCUT2D eigenvalue weighted by molar-refractivity contribution is 5.81. The molecule has 0 amide bonds. The van der Waals surface area contributed by atoms with Crippen molar-refractivity contribution in [3.8, 4) is 0 Å². The third-order valence-electron chi connectivity index (χ3n) is 7.29. The van der Waals surface area contributed by atoms with Crippen LogP contribution >= 0.6 is 0 Å². The second kappa shape index (κ2) is 9.79. The fraction of sp³-hybridized carbons (Fsp3) is 0.152. The van der Waals surface area contributed by atoms with Gasteiger partial charge in [-0.2, -0.15) is 0 Å². The standard InChI is InChI=1S/C24H21N.C9H8N2/c1-16-6-4-10-21-19(16)11-12-22-20-9-3-2-7-17(20)14-23(24(21)22)18-8-5-13-25-15-18;1-2-5-9-8(4-1)10-6-3-7-11-9/h2-3,5,7-9,11-15,23H,4,6,10H2,1H3;1-7,10H. The zero-order valence-corrected chi connectivity index (χ0v) is 20.5. The van der Waals surface area contributed by atoms with Crippen molar-refractivity contribution in [2.45, 2.75) is 32.1 Å². The number of benzene rings is 3. The van der Waals surface area contributed by atoms with Gasteiger partial charge in [0.15, 0.2) is 0 Å². The highest BCUT2D eigenvalue weighted by Crippen LogP contribution is 2.32. The molecule has 0 fully saturated rings. The number of aliphatic imine (C=N–C) groups is 1. The van der Waals surface area contributed by atoms with E-state index in [4.69, 9.17) is 0 Å². The number of pyridine rings is 1. The first-order chi connectivity index (χ1) is 17.8. The fourth-order valence-electron chi connectivity index (χ4n) is 5.57. The fourth-order valence-corrected chi connectivity index (χ4v) is 5.57. The van der Waals surface area contributed by atoms with Gasteiger partial charge in [-0.3, -0.25) is 9.98 Å². The lowest BCUT2D eigenvalue weighted by Crippen LogP contribution is -2.24. The van der Waals surface area contributed by atoms with Gasteiger partial charge < -0.3 is 5.32 Å². The van der Waals surface area contributed by atoms with E-state index in [1.165, 1.54) is 56.8 Å². The van der Waals surface area contributed by atoms with Crippen LogP contribution in [0.1, 0.15) is 42.4 Å². The Morgan fingerprint density at radius 3 is 2.61 bits per heavy atom. The van der Waals surface area contributed by atoms with Gasteiger partial charge >= 0.3 is 0 Å². The molecule has 176 valence electrons. The Kier molecular flexibility index (Phi) is 6.05. The van der Waals surface area contributed by atoms with Gasteiger partial charge in [0.1, 0.15) is 0 Å². The molecule has 2 heterocycles. The average molecular weight is 468 g/mol. The molecule has 2 aliphatic carbocycles. The van der Waals surface area contributed by atoms with Gasteiger partial charge in [-0.05, 0) is 88.0 Å². The number of hydrogen-bond acceptors (Lipinski definition) is 3. The van der Waals surface area contributed by atoms with Crippen molar-refractivity contribution in [2.75, 3.05) is 5.32 Å². The molecular formula is C33H29N3. The largest absolute Gasteiger partial charge is 0.360 e. The van der Waals surface area contributed by atoms with Crippen molar-refractivity contribution in [3.63, 3.8) is 0 Å². The lowest BCUT2D eigenvalue weighted by atomic mass is 9.79. The third kappa shape index (κ3) is 4.18. The lowest BCUT2D eigenvalue weighted by molar-refractivity contribution is 0.796. The second-order valence-corrected chi connectivity index (χ2v) is 9.50. The summed E-state index contributed by atoms with van der Waals surface area (Å²) in [7, 11) is 0. The van der Waals surface area contributed by atoms with E-state index in [1.54, 1.807) is 11.8 Å². The van der Waals surface area contributed by atoms with E-state index in [1.807, 2.05) is 48.9 Å². The van der Waals surface area contributed by atoms with Gasteiger partial charge in [0.2, 0.25) is 0 Å². The molecule has 4 aromatic rings. The molecule has 1 aromatic heterocycles. The van der Waals surface area contributed by atoms with E-state index in [9.17, 15) is 0 Å². The zero-order valence-electron chi connectivity index (χ0n) is 20.5. The summed E-state index contributed by atoms with van der Waals surface area (Å²) in [6.07, 6.45) is 15.5. The first-order valence-corrected chi connectivity index (χ1v) is 12.7. The quantitative estimate of drug-likeness (QED) is 0.366. The van der Waals surface area contributed by atoms with Crippen molar-refractivity contribution in [1.82, 2.24) is 4.98 Å². The highest BCUT2D eigenvalue weighted by Gasteiger charge is 2.22. The number of allylic oxidation sites excluding steroid dienone is 1. The first-order valence-electron chi connectivity index (χ1n) is 12.7. The molecule has 1 unspecified atom stereocenters. The van der Waals surface area contributed by atoms with Crippen LogP contribution in [0.5, 0.6) is 0 Å². The van der Waals surface area contributed by atoms with Crippen LogP contribution in [-0.4, -0.2) is 11.2 Å². The minimum Gasteiger partial charge on any atom is -0.360 e. The molecule has 3 nitrogen and oxygen atoms in total. The minimum atomic E-state index is 0.291. The Balaban J connectivity index is 0.000000183. The van der Waals surface area contributed by atoms with E-state index in [-0.39, 0.29) is 0 Å². The van der Waals surface area contributed by atoms with Crippen LogP contribution in [-0.2, 0) is 6.42 Å². The SMILES string of the molecule is C1=CNc2ccccc2N=C1.CC1=c2ccc3c(c2CCC1)C(c1cccnc1)C=c1ccccc1=3. The monoisotopic (exact) mass is 467 g/mol. The topological polar surface area (TPSA) is 37.3 Å². The predicted molar refractivity (Wildman–Crippen MR) is 150 cm³/mol. The summed E-state index contributed by atoms with van der Waals surface area (Å²) < 4.78 is 0. The maximum absolute atomic E-state index is 4.39. The molecule has 0 bridgehead atoms. The van der Waals surface area contributed by atoms with E-state index in [0.29, 0.717) is 5.92 Å². The van der Waals surface area contributed by atoms with Crippen LogP contribution in [0.4, 0.5) is 11.4 Å². The van der Waals surface area contributed by atoms with Crippen LogP contribution in [0.3, 0.4) is 0 Å². The van der Waals surface area contributed by atoms with Gasteiger partial charge in [0.25, 0.3) is 0 Å². The van der Waals surface area contributed by atoms with Crippen LogP contribution in [0, 0.1) is 10.4 Å². The van der Waals surface area contributed by atoms with Crippen LogP contribution in [0.15, 0.2) is 102 Å². The van der Waals surface area contributed by atoms with Crippen molar-refractivity contribution < 1.29 is 0 Å². The number of nitrogens with one attached hydrogen (secondary N) is 1. The highest BCUT2D eigenvalue weighted by atomic mass is 14.9. The molecule has 1 N–H and O–H groups in total. The van der Waals surface area contributed by atoms with Crippen LogP contribution < -0.4 is 15.8 Å². The first kappa shape index (κ1) is 22.2. The number of hydrogen-bond donors (Lipinski definition) is 1. The zero-order chi connectivity index (χ0) is 24.3. The number of rotatable bonds is 1. The van der Waals surface area contributed by atoms with Gasteiger partial charge in [0.05, 0.1) is 11.4 Å². The molecule has 1 aliphatic heterocycles. The smallest absolute Gasteiger partial charge is 0.0864 e. The van der Waals surface area contributed by atoms with Crippen molar-refractivity contribution in [2.24, 2.45) is 4.99 Å². The Labute approximate surface area is 211 Å². The second-order valence-electron chi connectivity index (χ2n) is 9.50. The number of anilines is 1. The number of fused-ring (bicyclic) bond motifs is 5. The minimum absolute atomic E-state index is 0.291. The van der Waals surface area contributed by atoms with Crippen molar-refractivity contribution in [3.05, 3.63) is 135 Å². The van der Waals surface area contributed by atoms with E-state index >= 15 is 0 Å². The normalized spacial score (nSPS) is 16.6. The summed E-state index contributed by atoms with van der Waals surface area (Å²) >= 11 is 0. The average Bonchev–Trinajstić information content (AvgIpc) is 3.19. The number of nitrogens with zero attached hydrogens (tertiary/aromatic N) is 2. The Hall–Kier alpha value is -4.24. The molecule has 0 saturated carbocycles.